The maximum absolute atomic E-state index is 12.9. The van der Waals surface area contributed by atoms with Crippen molar-refractivity contribution < 1.29 is 23.8 Å². The van der Waals surface area contributed by atoms with Crippen LogP contribution in [0.4, 0.5) is 0 Å². The van der Waals surface area contributed by atoms with Crippen LogP contribution in [0, 0.1) is 53.3 Å². The molecule has 5 rings (SSSR count). The van der Waals surface area contributed by atoms with E-state index in [2.05, 4.69) is 0 Å². The van der Waals surface area contributed by atoms with Crippen LogP contribution in [0.15, 0.2) is 0 Å². The van der Waals surface area contributed by atoms with Gasteiger partial charge in [-0.25, -0.2) is 0 Å². The van der Waals surface area contributed by atoms with E-state index in [4.69, 9.17) is 14.2 Å². The fourth-order valence-electron chi connectivity index (χ4n) is 8.16. The molecule has 0 saturated heterocycles. The Morgan fingerprint density at radius 1 is 0.935 bits per heavy atom. The summed E-state index contributed by atoms with van der Waals surface area (Å²) in [5.74, 6) is 4.08. The maximum Gasteiger partial charge on any atom is 0.311 e. The van der Waals surface area contributed by atoms with Crippen LogP contribution in [0.2, 0.25) is 0 Å². The van der Waals surface area contributed by atoms with Gasteiger partial charge in [-0.3, -0.25) is 9.59 Å². The summed E-state index contributed by atoms with van der Waals surface area (Å²) in [7, 11) is 0. The molecular formula is C26H40O5. The molecular weight excluding hydrogens is 392 g/mol. The Morgan fingerprint density at radius 2 is 1.68 bits per heavy atom. The highest BCUT2D eigenvalue weighted by atomic mass is 16.7. The van der Waals surface area contributed by atoms with Crippen LogP contribution in [0.5, 0.6) is 0 Å². The number of hydrogen-bond donors (Lipinski definition) is 0. The summed E-state index contributed by atoms with van der Waals surface area (Å²) in [5, 5.41) is 0. The number of carbonyl (C=O) groups excluding carboxylic acids is 2. The van der Waals surface area contributed by atoms with Crippen LogP contribution < -0.4 is 0 Å². The summed E-state index contributed by atoms with van der Waals surface area (Å²) >= 11 is 0. The fraction of sp³-hybridized carbons (Fsp3) is 0.923. The topological polar surface area (TPSA) is 61.8 Å². The molecule has 174 valence electrons. The lowest BCUT2D eigenvalue weighted by atomic mass is 9.67. The molecule has 5 saturated carbocycles. The Kier molecular flexibility index (Phi) is 6.33. The van der Waals surface area contributed by atoms with Gasteiger partial charge in [0.1, 0.15) is 6.10 Å². The van der Waals surface area contributed by atoms with Gasteiger partial charge in [0.05, 0.1) is 18.4 Å². The number of hydrogen-bond acceptors (Lipinski definition) is 5. The molecule has 9 atom stereocenters. The fourth-order valence-corrected chi connectivity index (χ4v) is 8.16. The van der Waals surface area contributed by atoms with Crippen molar-refractivity contribution >= 4 is 11.9 Å². The lowest BCUT2D eigenvalue weighted by Gasteiger charge is -2.40. The van der Waals surface area contributed by atoms with Gasteiger partial charge in [0.15, 0.2) is 6.79 Å². The van der Waals surface area contributed by atoms with Gasteiger partial charge in [-0.05, 0) is 86.4 Å². The number of esters is 2. The predicted molar refractivity (Wildman–Crippen MR) is 116 cm³/mol. The molecule has 0 amide bonds. The third kappa shape index (κ3) is 4.05. The quantitative estimate of drug-likeness (QED) is 0.235. The van der Waals surface area contributed by atoms with Crippen LogP contribution in [-0.2, 0) is 23.8 Å². The standard InChI is InChI=1S/C26H40O5/c1-3-15(2)25(27)31-22-12-18-11-21(22)24-19-9-17(23(18)24)10-20(19)26(28)30-14-29-13-16-7-5-4-6-8-16/h15-24H,3-14H2,1-2H3. The number of rotatable bonds is 8. The molecule has 0 aromatic heterocycles. The van der Waals surface area contributed by atoms with E-state index in [0.29, 0.717) is 35.5 Å². The van der Waals surface area contributed by atoms with E-state index < -0.39 is 0 Å². The van der Waals surface area contributed by atoms with Gasteiger partial charge in [0, 0.05) is 0 Å². The van der Waals surface area contributed by atoms with Gasteiger partial charge in [-0.2, -0.15) is 0 Å². The van der Waals surface area contributed by atoms with Crippen molar-refractivity contribution in [3.05, 3.63) is 0 Å². The van der Waals surface area contributed by atoms with Gasteiger partial charge < -0.3 is 14.2 Å². The molecule has 0 aliphatic heterocycles. The summed E-state index contributed by atoms with van der Waals surface area (Å²) in [6.07, 6.45) is 11.7. The van der Waals surface area contributed by atoms with E-state index in [1.807, 2.05) is 13.8 Å². The minimum absolute atomic E-state index is 0.0220. The zero-order valence-electron chi connectivity index (χ0n) is 19.3. The summed E-state index contributed by atoms with van der Waals surface area (Å²) in [4.78, 5) is 25.3. The Bertz CT molecular complexity index is 671. The molecule has 0 heterocycles. The molecule has 0 aromatic carbocycles. The first-order valence-corrected chi connectivity index (χ1v) is 13.0. The van der Waals surface area contributed by atoms with Crippen LogP contribution >= 0.6 is 0 Å². The Balaban J connectivity index is 1.13. The van der Waals surface area contributed by atoms with Crippen molar-refractivity contribution in [2.45, 2.75) is 84.2 Å². The van der Waals surface area contributed by atoms with E-state index in [9.17, 15) is 9.59 Å². The SMILES string of the molecule is CCC(C)C(=O)OC1CC2CC1C1C3CC(CC3C(=O)OCOCC3CCCCC3)C21. The third-order valence-electron chi connectivity index (χ3n) is 9.71. The van der Waals surface area contributed by atoms with Crippen molar-refractivity contribution in [2.75, 3.05) is 13.4 Å². The number of fused-ring (bicyclic) bond motifs is 9. The first-order valence-electron chi connectivity index (χ1n) is 13.0. The molecule has 9 unspecified atom stereocenters. The van der Waals surface area contributed by atoms with Gasteiger partial charge >= 0.3 is 11.9 Å². The molecule has 31 heavy (non-hydrogen) atoms. The highest BCUT2D eigenvalue weighted by Crippen LogP contribution is 2.69. The first kappa shape index (κ1) is 21.7. The van der Waals surface area contributed by atoms with Gasteiger partial charge in [-0.15, -0.1) is 0 Å². The predicted octanol–water partition coefficient (Wildman–Crippen LogP) is 4.97. The van der Waals surface area contributed by atoms with Gasteiger partial charge in [0.25, 0.3) is 0 Å². The van der Waals surface area contributed by atoms with Crippen LogP contribution in [0.1, 0.15) is 78.1 Å². The van der Waals surface area contributed by atoms with Crippen molar-refractivity contribution in [1.82, 2.24) is 0 Å². The van der Waals surface area contributed by atoms with E-state index in [1.54, 1.807) is 0 Å². The molecule has 0 radical (unpaired) electrons. The van der Waals surface area contributed by atoms with Crippen molar-refractivity contribution in [3.8, 4) is 0 Å². The van der Waals surface area contributed by atoms with E-state index in [-0.39, 0.29) is 36.7 Å². The Morgan fingerprint density at radius 3 is 2.45 bits per heavy atom. The Hall–Kier alpha value is -1.10. The minimum atomic E-state index is -0.0504. The molecule has 0 spiro atoms. The highest BCUT2D eigenvalue weighted by molar-refractivity contribution is 5.74. The average molecular weight is 433 g/mol. The van der Waals surface area contributed by atoms with Gasteiger partial charge in [0.2, 0.25) is 0 Å². The second kappa shape index (κ2) is 9.03. The molecule has 5 fully saturated rings. The lowest BCUT2D eigenvalue weighted by Crippen LogP contribution is -2.42. The lowest BCUT2D eigenvalue weighted by molar-refractivity contribution is -0.168. The molecule has 4 bridgehead atoms. The zero-order chi connectivity index (χ0) is 21.5. The smallest absolute Gasteiger partial charge is 0.311 e. The van der Waals surface area contributed by atoms with E-state index >= 15 is 0 Å². The van der Waals surface area contributed by atoms with Crippen LogP contribution in [-0.4, -0.2) is 31.4 Å². The summed E-state index contributed by atoms with van der Waals surface area (Å²) in [5.41, 5.74) is 0. The Labute approximate surface area is 186 Å². The van der Waals surface area contributed by atoms with Crippen LogP contribution in [0.3, 0.4) is 0 Å². The maximum atomic E-state index is 12.9. The van der Waals surface area contributed by atoms with Crippen molar-refractivity contribution in [2.24, 2.45) is 53.3 Å². The zero-order valence-corrected chi connectivity index (χ0v) is 19.3. The monoisotopic (exact) mass is 432 g/mol. The van der Waals surface area contributed by atoms with E-state index in [1.165, 1.54) is 38.5 Å². The number of ether oxygens (including phenoxy) is 3. The molecule has 5 heteroatoms. The first-order chi connectivity index (χ1) is 15.1. The number of carbonyl (C=O) groups is 2. The average Bonchev–Trinajstić information content (AvgIpc) is 3.55. The van der Waals surface area contributed by atoms with Crippen molar-refractivity contribution in [1.29, 1.82) is 0 Å². The summed E-state index contributed by atoms with van der Waals surface area (Å²) < 4.78 is 17.3. The van der Waals surface area contributed by atoms with E-state index in [0.717, 1.165) is 38.2 Å². The highest BCUT2D eigenvalue weighted by Gasteiger charge is 2.66. The molecule has 5 aliphatic carbocycles. The van der Waals surface area contributed by atoms with Crippen LogP contribution in [0.25, 0.3) is 0 Å². The van der Waals surface area contributed by atoms with Gasteiger partial charge in [-0.1, -0.05) is 33.1 Å². The van der Waals surface area contributed by atoms with Crippen molar-refractivity contribution in [3.63, 3.8) is 0 Å². The third-order valence-corrected chi connectivity index (χ3v) is 9.71. The molecule has 0 aromatic rings. The summed E-state index contributed by atoms with van der Waals surface area (Å²) in [6, 6.07) is 0. The minimum Gasteiger partial charge on any atom is -0.462 e. The second-order valence-electron chi connectivity index (χ2n) is 11.3. The molecule has 5 aliphatic rings. The second-order valence-corrected chi connectivity index (χ2v) is 11.3. The largest absolute Gasteiger partial charge is 0.462 e. The summed E-state index contributed by atoms with van der Waals surface area (Å²) in [6.45, 7) is 4.83. The molecule has 5 nitrogen and oxygen atoms in total. The molecule has 0 N–H and O–H groups in total. The normalized spacial score (nSPS) is 41.9.